The monoisotopic (exact) mass is 282 g/mol. The zero-order valence-electron chi connectivity index (χ0n) is 12.4. The van der Waals surface area contributed by atoms with Crippen molar-refractivity contribution in [2.45, 2.75) is 13.8 Å². The molecule has 21 heavy (non-hydrogen) atoms. The van der Waals surface area contributed by atoms with Crippen LogP contribution in [0, 0.1) is 13.8 Å². The van der Waals surface area contributed by atoms with E-state index in [1.165, 1.54) is 11.6 Å². The second kappa shape index (κ2) is 6.27. The lowest BCUT2D eigenvalue weighted by molar-refractivity contribution is -0.131. The van der Waals surface area contributed by atoms with E-state index in [0.717, 1.165) is 16.7 Å². The largest absolute Gasteiger partial charge is 0.497 e. The third kappa shape index (κ3) is 3.51. The van der Waals surface area contributed by atoms with Crippen molar-refractivity contribution in [1.29, 1.82) is 0 Å². The van der Waals surface area contributed by atoms with Crippen LogP contribution in [0.3, 0.4) is 0 Å². The van der Waals surface area contributed by atoms with Gasteiger partial charge in [0.1, 0.15) is 5.75 Å². The Balaban J connectivity index is 2.57. The fourth-order valence-corrected chi connectivity index (χ4v) is 2.16. The highest BCUT2D eigenvalue weighted by Crippen LogP contribution is 2.27. The van der Waals surface area contributed by atoms with Crippen molar-refractivity contribution in [1.82, 2.24) is 0 Å². The summed E-state index contributed by atoms with van der Waals surface area (Å²) in [6, 6.07) is 13.4. The zero-order valence-corrected chi connectivity index (χ0v) is 12.4. The minimum absolute atomic E-state index is 0.671. The molecule has 0 aliphatic rings. The maximum Gasteiger partial charge on any atom is 0.328 e. The Bertz CT molecular complexity index is 699. The van der Waals surface area contributed by atoms with Gasteiger partial charge in [0.25, 0.3) is 0 Å². The van der Waals surface area contributed by atoms with E-state index in [1.54, 1.807) is 7.11 Å². The zero-order chi connectivity index (χ0) is 15.4. The summed E-state index contributed by atoms with van der Waals surface area (Å²) in [7, 11) is 1.59. The molecule has 0 bridgehead atoms. The lowest BCUT2D eigenvalue weighted by Gasteiger charge is -2.11. The summed E-state index contributed by atoms with van der Waals surface area (Å²) in [4.78, 5) is 11.2. The van der Waals surface area contributed by atoms with E-state index >= 15 is 0 Å². The second-order valence-electron chi connectivity index (χ2n) is 4.93. The van der Waals surface area contributed by atoms with E-state index in [4.69, 9.17) is 9.84 Å². The van der Waals surface area contributed by atoms with Gasteiger partial charge in [-0.25, -0.2) is 4.79 Å². The van der Waals surface area contributed by atoms with Gasteiger partial charge in [-0.05, 0) is 53.8 Å². The summed E-state index contributed by atoms with van der Waals surface area (Å²) in [5.41, 5.74) is 4.68. The molecule has 0 radical (unpaired) electrons. The first kappa shape index (κ1) is 14.9. The van der Waals surface area contributed by atoms with Gasteiger partial charge in [0, 0.05) is 6.08 Å². The van der Waals surface area contributed by atoms with E-state index in [-0.39, 0.29) is 0 Å². The first-order chi connectivity index (χ1) is 10.0. The van der Waals surface area contributed by atoms with Gasteiger partial charge in [-0.1, -0.05) is 30.3 Å². The van der Waals surface area contributed by atoms with Crippen LogP contribution in [-0.4, -0.2) is 18.2 Å². The Morgan fingerprint density at radius 2 is 1.76 bits per heavy atom. The SMILES string of the molecule is COc1cccc(/C(=C\C(=O)O)c2ccc(C)c(C)c2)c1. The minimum Gasteiger partial charge on any atom is -0.497 e. The lowest BCUT2D eigenvalue weighted by Crippen LogP contribution is -1.96. The normalized spacial score (nSPS) is 11.3. The Hall–Kier alpha value is -2.55. The molecule has 0 fully saturated rings. The minimum atomic E-state index is -0.967. The van der Waals surface area contributed by atoms with E-state index in [0.29, 0.717) is 11.3 Å². The Morgan fingerprint density at radius 1 is 1.05 bits per heavy atom. The fourth-order valence-electron chi connectivity index (χ4n) is 2.16. The average Bonchev–Trinajstić information content (AvgIpc) is 2.47. The van der Waals surface area contributed by atoms with Gasteiger partial charge in [0.15, 0.2) is 0 Å². The molecule has 0 amide bonds. The van der Waals surface area contributed by atoms with Crippen molar-refractivity contribution >= 4 is 11.5 Å². The van der Waals surface area contributed by atoms with Gasteiger partial charge in [-0.2, -0.15) is 0 Å². The number of carboxylic acid groups (broad SMARTS) is 1. The molecule has 0 aliphatic carbocycles. The summed E-state index contributed by atoms with van der Waals surface area (Å²) >= 11 is 0. The highest BCUT2D eigenvalue weighted by molar-refractivity contribution is 5.95. The molecule has 0 aliphatic heterocycles. The topological polar surface area (TPSA) is 46.5 Å². The number of aryl methyl sites for hydroxylation is 2. The smallest absolute Gasteiger partial charge is 0.328 e. The predicted octanol–water partition coefficient (Wildman–Crippen LogP) is 3.83. The number of carboxylic acids is 1. The Kier molecular flexibility index (Phi) is 4.43. The van der Waals surface area contributed by atoms with E-state index in [1.807, 2.05) is 56.3 Å². The highest BCUT2D eigenvalue weighted by atomic mass is 16.5. The van der Waals surface area contributed by atoms with Gasteiger partial charge in [-0.15, -0.1) is 0 Å². The van der Waals surface area contributed by atoms with Crippen LogP contribution in [0.1, 0.15) is 22.3 Å². The van der Waals surface area contributed by atoms with E-state index < -0.39 is 5.97 Å². The van der Waals surface area contributed by atoms with E-state index in [9.17, 15) is 4.79 Å². The van der Waals surface area contributed by atoms with Gasteiger partial charge < -0.3 is 9.84 Å². The number of rotatable bonds is 4. The first-order valence-electron chi connectivity index (χ1n) is 6.68. The number of carbonyl (C=O) groups is 1. The van der Waals surface area contributed by atoms with Crippen molar-refractivity contribution in [2.24, 2.45) is 0 Å². The van der Waals surface area contributed by atoms with Crippen LogP contribution < -0.4 is 4.74 Å². The molecule has 2 aromatic rings. The number of ether oxygens (including phenoxy) is 1. The standard InChI is InChI=1S/C18H18O3/c1-12-7-8-15(9-13(12)2)17(11-18(19)20)14-5-4-6-16(10-14)21-3/h4-11H,1-3H3,(H,19,20)/b17-11+. The third-order valence-electron chi connectivity index (χ3n) is 3.47. The summed E-state index contributed by atoms with van der Waals surface area (Å²) in [6.45, 7) is 4.05. The molecule has 0 saturated carbocycles. The molecule has 3 nitrogen and oxygen atoms in total. The summed E-state index contributed by atoms with van der Waals surface area (Å²) < 4.78 is 5.21. The van der Waals surface area contributed by atoms with Crippen LogP contribution in [0.4, 0.5) is 0 Å². The van der Waals surface area contributed by atoms with Crippen LogP contribution in [0.2, 0.25) is 0 Å². The molecule has 2 rings (SSSR count). The number of hydrogen-bond acceptors (Lipinski definition) is 2. The van der Waals surface area contributed by atoms with Gasteiger partial charge >= 0.3 is 5.97 Å². The third-order valence-corrected chi connectivity index (χ3v) is 3.47. The molecule has 0 aromatic heterocycles. The Labute approximate surface area is 124 Å². The van der Waals surface area contributed by atoms with Crippen LogP contribution in [0.25, 0.3) is 5.57 Å². The number of aliphatic carboxylic acids is 1. The van der Waals surface area contributed by atoms with Crippen molar-refractivity contribution in [3.8, 4) is 5.75 Å². The molecule has 108 valence electrons. The number of benzene rings is 2. The number of methoxy groups -OCH3 is 1. The molecular weight excluding hydrogens is 264 g/mol. The molecule has 0 heterocycles. The van der Waals surface area contributed by atoms with Crippen molar-refractivity contribution < 1.29 is 14.6 Å². The Morgan fingerprint density at radius 3 is 2.38 bits per heavy atom. The summed E-state index contributed by atoms with van der Waals surface area (Å²) in [5.74, 6) is -0.265. The van der Waals surface area contributed by atoms with Crippen LogP contribution in [-0.2, 0) is 4.79 Å². The van der Waals surface area contributed by atoms with Crippen LogP contribution in [0.15, 0.2) is 48.5 Å². The van der Waals surface area contributed by atoms with Crippen LogP contribution in [0.5, 0.6) is 5.75 Å². The van der Waals surface area contributed by atoms with E-state index in [2.05, 4.69) is 0 Å². The summed E-state index contributed by atoms with van der Waals surface area (Å²) in [5, 5.41) is 9.15. The summed E-state index contributed by atoms with van der Waals surface area (Å²) in [6.07, 6.45) is 1.23. The second-order valence-corrected chi connectivity index (χ2v) is 4.93. The lowest BCUT2D eigenvalue weighted by atomic mass is 9.94. The fraction of sp³-hybridized carbons (Fsp3) is 0.167. The molecule has 0 saturated heterocycles. The van der Waals surface area contributed by atoms with Crippen molar-refractivity contribution in [2.75, 3.05) is 7.11 Å². The first-order valence-corrected chi connectivity index (χ1v) is 6.68. The van der Waals surface area contributed by atoms with Crippen molar-refractivity contribution in [3.63, 3.8) is 0 Å². The molecule has 0 spiro atoms. The van der Waals surface area contributed by atoms with Gasteiger partial charge in [0.05, 0.1) is 7.11 Å². The number of hydrogen-bond donors (Lipinski definition) is 1. The molecule has 0 atom stereocenters. The average molecular weight is 282 g/mol. The van der Waals surface area contributed by atoms with Crippen LogP contribution >= 0.6 is 0 Å². The predicted molar refractivity (Wildman–Crippen MR) is 83.6 cm³/mol. The molecular formula is C18H18O3. The molecule has 2 aromatic carbocycles. The van der Waals surface area contributed by atoms with Gasteiger partial charge in [0.2, 0.25) is 0 Å². The van der Waals surface area contributed by atoms with Crippen molar-refractivity contribution in [3.05, 3.63) is 70.8 Å². The molecule has 3 heteroatoms. The molecule has 1 N–H and O–H groups in total. The molecule has 0 unspecified atom stereocenters. The van der Waals surface area contributed by atoms with Gasteiger partial charge in [-0.3, -0.25) is 0 Å². The highest BCUT2D eigenvalue weighted by Gasteiger charge is 2.09. The maximum atomic E-state index is 11.2. The quantitative estimate of drug-likeness (QED) is 0.867. The maximum absolute atomic E-state index is 11.2.